The minimum Gasteiger partial charge on any atom is -0.497 e. The second-order valence-electron chi connectivity index (χ2n) is 4.52. The number of ketones is 2. The summed E-state index contributed by atoms with van der Waals surface area (Å²) in [5.74, 6) is -0.830. The fourth-order valence-electron chi connectivity index (χ4n) is 1.55. The van der Waals surface area contributed by atoms with E-state index in [0.717, 1.165) is 0 Å². The Morgan fingerprint density at radius 3 is 2.22 bits per heavy atom. The van der Waals surface area contributed by atoms with E-state index in [4.69, 9.17) is 4.74 Å². The summed E-state index contributed by atoms with van der Waals surface area (Å²) >= 11 is 0. The van der Waals surface area contributed by atoms with Crippen LogP contribution in [0.25, 0.3) is 0 Å². The number of methoxy groups -OCH3 is 1. The lowest BCUT2D eigenvalue weighted by Crippen LogP contribution is -2.26. The highest BCUT2D eigenvalue weighted by atomic mass is 19.1. The zero-order valence-corrected chi connectivity index (χ0v) is 10.8. The minimum atomic E-state index is -2.07. The van der Waals surface area contributed by atoms with E-state index in [1.165, 1.54) is 19.2 Å². The van der Waals surface area contributed by atoms with Gasteiger partial charge in [-0.05, 0) is 30.2 Å². The maximum absolute atomic E-state index is 13.7. The maximum Gasteiger partial charge on any atom is 0.220 e. The van der Waals surface area contributed by atoms with Crippen LogP contribution in [0.2, 0.25) is 0 Å². The fraction of sp³-hybridized carbons (Fsp3) is 0.429. The van der Waals surface area contributed by atoms with Crippen molar-refractivity contribution in [1.29, 1.82) is 0 Å². The van der Waals surface area contributed by atoms with Crippen molar-refractivity contribution in [3.63, 3.8) is 0 Å². The Morgan fingerprint density at radius 2 is 1.78 bits per heavy atom. The van der Waals surface area contributed by atoms with Crippen molar-refractivity contribution < 1.29 is 18.7 Å². The van der Waals surface area contributed by atoms with E-state index < -0.39 is 17.7 Å². The topological polar surface area (TPSA) is 43.4 Å². The summed E-state index contributed by atoms with van der Waals surface area (Å²) in [6, 6.07) is 6.03. The van der Waals surface area contributed by atoms with E-state index in [2.05, 4.69) is 0 Å². The molecule has 1 atom stereocenters. The minimum absolute atomic E-state index is 0.0411. The van der Waals surface area contributed by atoms with Gasteiger partial charge in [0, 0.05) is 12.0 Å². The molecule has 98 valence electrons. The lowest BCUT2D eigenvalue weighted by Gasteiger charge is -2.08. The number of rotatable bonds is 6. The summed E-state index contributed by atoms with van der Waals surface area (Å²) in [6.45, 7) is 3.62. The number of hydrogen-bond acceptors (Lipinski definition) is 3. The Morgan fingerprint density at radius 1 is 1.22 bits per heavy atom. The molecule has 1 rings (SSSR count). The highest BCUT2D eigenvalue weighted by Gasteiger charge is 2.27. The molecule has 0 bridgehead atoms. The highest BCUT2D eigenvalue weighted by molar-refractivity contribution is 6.13. The molecule has 4 heteroatoms. The van der Waals surface area contributed by atoms with Gasteiger partial charge in [0.25, 0.3) is 0 Å². The van der Waals surface area contributed by atoms with E-state index >= 15 is 0 Å². The summed E-state index contributed by atoms with van der Waals surface area (Å²) in [6.07, 6.45) is -2.00. The zero-order chi connectivity index (χ0) is 13.7. The van der Waals surface area contributed by atoms with Crippen LogP contribution < -0.4 is 4.74 Å². The van der Waals surface area contributed by atoms with Crippen LogP contribution in [-0.2, 0) is 4.79 Å². The summed E-state index contributed by atoms with van der Waals surface area (Å²) < 4.78 is 18.6. The molecule has 1 aromatic rings. The van der Waals surface area contributed by atoms with Crippen molar-refractivity contribution in [2.24, 2.45) is 5.92 Å². The van der Waals surface area contributed by atoms with Crippen LogP contribution in [-0.4, -0.2) is 24.8 Å². The molecule has 0 saturated carbocycles. The number of halogens is 1. The normalized spacial score (nSPS) is 12.3. The quantitative estimate of drug-likeness (QED) is 0.577. The van der Waals surface area contributed by atoms with Gasteiger partial charge in [-0.25, -0.2) is 4.39 Å². The van der Waals surface area contributed by atoms with Gasteiger partial charge >= 0.3 is 0 Å². The van der Waals surface area contributed by atoms with Crippen LogP contribution in [0.1, 0.15) is 30.6 Å². The molecule has 0 aliphatic heterocycles. The number of Topliss-reactive ketones (excluding diaryl/α,β-unsaturated/α-hetero) is 2. The van der Waals surface area contributed by atoms with E-state index in [0.29, 0.717) is 5.75 Å². The predicted molar refractivity (Wildman–Crippen MR) is 66.7 cm³/mol. The van der Waals surface area contributed by atoms with Crippen molar-refractivity contribution in [3.8, 4) is 5.75 Å². The molecule has 18 heavy (non-hydrogen) atoms. The van der Waals surface area contributed by atoms with E-state index in [9.17, 15) is 14.0 Å². The summed E-state index contributed by atoms with van der Waals surface area (Å²) in [5.41, 5.74) is 0.181. The third kappa shape index (κ3) is 3.65. The number of carbonyl (C=O) groups is 2. The molecule has 0 spiro atoms. The lowest BCUT2D eigenvalue weighted by atomic mass is 9.98. The number of ether oxygens (including phenoxy) is 1. The number of benzene rings is 1. The molecule has 0 N–H and O–H groups in total. The van der Waals surface area contributed by atoms with Gasteiger partial charge in [-0.2, -0.15) is 0 Å². The second kappa shape index (κ2) is 6.28. The molecule has 1 aromatic carbocycles. The number of hydrogen-bond donors (Lipinski definition) is 0. The van der Waals surface area contributed by atoms with Crippen molar-refractivity contribution in [1.82, 2.24) is 0 Å². The molecule has 0 heterocycles. The Hall–Kier alpha value is -1.71. The van der Waals surface area contributed by atoms with Gasteiger partial charge in [0.1, 0.15) is 5.75 Å². The Bertz CT molecular complexity index is 423. The smallest absolute Gasteiger partial charge is 0.220 e. The predicted octanol–water partition coefficient (Wildman–Crippen LogP) is 2.83. The third-order valence-corrected chi connectivity index (χ3v) is 2.50. The maximum atomic E-state index is 13.7. The van der Waals surface area contributed by atoms with Crippen molar-refractivity contribution in [3.05, 3.63) is 29.8 Å². The molecular weight excluding hydrogens is 235 g/mol. The van der Waals surface area contributed by atoms with E-state index in [-0.39, 0.29) is 17.9 Å². The third-order valence-electron chi connectivity index (χ3n) is 2.50. The van der Waals surface area contributed by atoms with Gasteiger partial charge in [0.15, 0.2) is 5.78 Å². The van der Waals surface area contributed by atoms with Gasteiger partial charge in [-0.15, -0.1) is 0 Å². The fourth-order valence-corrected chi connectivity index (χ4v) is 1.55. The molecule has 3 nitrogen and oxygen atoms in total. The van der Waals surface area contributed by atoms with Crippen molar-refractivity contribution in [2.75, 3.05) is 7.11 Å². The molecule has 0 amide bonds. The molecular formula is C14H17FO3. The monoisotopic (exact) mass is 252 g/mol. The highest BCUT2D eigenvalue weighted by Crippen LogP contribution is 2.15. The first kappa shape index (κ1) is 14.4. The molecule has 0 aliphatic carbocycles. The molecule has 0 radical (unpaired) electrons. The molecule has 0 fully saturated rings. The average Bonchev–Trinajstić information content (AvgIpc) is 2.36. The van der Waals surface area contributed by atoms with Crippen LogP contribution >= 0.6 is 0 Å². The average molecular weight is 252 g/mol. The van der Waals surface area contributed by atoms with Crippen LogP contribution in [0.15, 0.2) is 24.3 Å². The van der Waals surface area contributed by atoms with Crippen LogP contribution in [0, 0.1) is 5.92 Å². The number of alkyl halides is 1. The van der Waals surface area contributed by atoms with Gasteiger partial charge in [0.2, 0.25) is 12.0 Å². The summed E-state index contributed by atoms with van der Waals surface area (Å²) in [4.78, 5) is 23.2. The molecule has 0 aliphatic rings. The standard InChI is InChI=1S/C14H17FO3/c1-9(2)8-12(16)13(15)14(17)10-4-6-11(18-3)7-5-10/h4-7,9,13H,8H2,1-3H3. The first-order chi connectivity index (χ1) is 8.45. The molecule has 1 unspecified atom stereocenters. The lowest BCUT2D eigenvalue weighted by molar-refractivity contribution is -0.122. The molecule has 0 aromatic heterocycles. The van der Waals surface area contributed by atoms with Gasteiger partial charge in [0.05, 0.1) is 7.11 Å². The Labute approximate surface area is 106 Å². The van der Waals surface area contributed by atoms with Gasteiger partial charge in [-0.1, -0.05) is 13.8 Å². The summed E-state index contributed by atoms with van der Waals surface area (Å²) in [7, 11) is 1.50. The number of carbonyl (C=O) groups excluding carboxylic acids is 2. The Kier molecular flexibility index (Phi) is 5.01. The van der Waals surface area contributed by atoms with E-state index in [1.807, 2.05) is 13.8 Å². The second-order valence-corrected chi connectivity index (χ2v) is 4.52. The van der Waals surface area contributed by atoms with Gasteiger partial charge in [-0.3, -0.25) is 9.59 Å². The van der Waals surface area contributed by atoms with Crippen molar-refractivity contribution >= 4 is 11.6 Å². The zero-order valence-electron chi connectivity index (χ0n) is 10.8. The first-order valence-corrected chi connectivity index (χ1v) is 5.80. The first-order valence-electron chi connectivity index (χ1n) is 5.80. The largest absolute Gasteiger partial charge is 0.497 e. The van der Waals surface area contributed by atoms with Crippen LogP contribution in [0.5, 0.6) is 5.75 Å². The van der Waals surface area contributed by atoms with Crippen LogP contribution in [0.3, 0.4) is 0 Å². The Balaban J connectivity index is 2.76. The summed E-state index contributed by atoms with van der Waals surface area (Å²) in [5, 5.41) is 0. The van der Waals surface area contributed by atoms with Crippen molar-refractivity contribution in [2.45, 2.75) is 26.4 Å². The van der Waals surface area contributed by atoms with E-state index in [1.54, 1.807) is 12.1 Å². The SMILES string of the molecule is COc1ccc(C(=O)C(F)C(=O)CC(C)C)cc1. The molecule has 0 saturated heterocycles. The van der Waals surface area contributed by atoms with Crippen LogP contribution in [0.4, 0.5) is 4.39 Å². The van der Waals surface area contributed by atoms with Gasteiger partial charge < -0.3 is 4.74 Å².